The monoisotopic (exact) mass is 297 g/mol. The topological polar surface area (TPSA) is 57.6 Å². The summed E-state index contributed by atoms with van der Waals surface area (Å²) in [6.07, 6.45) is -1.76. The number of nitrogens with zero attached hydrogens (tertiary/aromatic N) is 1. The van der Waals surface area contributed by atoms with E-state index in [-0.39, 0.29) is 6.54 Å². The largest absolute Gasteiger partial charge is 0.481 e. The molecule has 1 aromatic carbocycles. The summed E-state index contributed by atoms with van der Waals surface area (Å²) in [5.74, 6) is -2.94. The predicted octanol–water partition coefficient (Wildman–Crippen LogP) is 2.39. The van der Waals surface area contributed by atoms with Gasteiger partial charge < -0.3 is 10.0 Å². The van der Waals surface area contributed by atoms with Crippen molar-refractivity contribution in [2.45, 2.75) is 25.8 Å². The fourth-order valence-corrected chi connectivity index (χ4v) is 2.53. The number of aliphatic carboxylic acids is 1. The van der Waals surface area contributed by atoms with Crippen LogP contribution in [0.25, 0.3) is 0 Å². The van der Waals surface area contributed by atoms with Crippen molar-refractivity contribution in [1.29, 1.82) is 0 Å². The molecule has 0 heterocycles. The molecule has 1 amide bonds. The van der Waals surface area contributed by atoms with Crippen molar-refractivity contribution >= 4 is 11.9 Å². The Hall–Kier alpha value is -1.98. The van der Waals surface area contributed by atoms with E-state index < -0.39 is 36.7 Å². The van der Waals surface area contributed by atoms with Gasteiger partial charge in [-0.05, 0) is 18.4 Å². The summed E-state index contributed by atoms with van der Waals surface area (Å²) in [5.41, 5.74) is 0.748. The van der Waals surface area contributed by atoms with Gasteiger partial charge in [0.25, 0.3) is 6.43 Å². The van der Waals surface area contributed by atoms with E-state index in [4.69, 9.17) is 5.11 Å². The second kappa shape index (κ2) is 6.65. The Labute approximate surface area is 121 Å². The number of benzene rings is 1. The van der Waals surface area contributed by atoms with Gasteiger partial charge >= 0.3 is 5.97 Å². The van der Waals surface area contributed by atoms with E-state index in [2.05, 4.69) is 0 Å². The molecule has 0 spiro atoms. The highest BCUT2D eigenvalue weighted by atomic mass is 19.3. The molecule has 1 aliphatic rings. The van der Waals surface area contributed by atoms with Crippen LogP contribution in [0.1, 0.15) is 18.4 Å². The van der Waals surface area contributed by atoms with Crippen molar-refractivity contribution in [3.63, 3.8) is 0 Å². The van der Waals surface area contributed by atoms with Crippen LogP contribution in [-0.4, -0.2) is 34.9 Å². The molecule has 1 fully saturated rings. The third-order valence-corrected chi connectivity index (χ3v) is 3.80. The van der Waals surface area contributed by atoms with Crippen LogP contribution < -0.4 is 0 Å². The Kier molecular flexibility index (Phi) is 4.88. The number of halogens is 2. The average Bonchev–Trinajstić information content (AvgIpc) is 2.36. The minimum absolute atomic E-state index is 0.0762. The maximum absolute atomic E-state index is 12.7. The Morgan fingerprint density at radius 1 is 1.19 bits per heavy atom. The molecule has 0 aliphatic heterocycles. The Morgan fingerprint density at radius 3 is 2.29 bits per heavy atom. The molecule has 0 aromatic heterocycles. The number of carboxylic acid groups (broad SMARTS) is 1. The van der Waals surface area contributed by atoms with Gasteiger partial charge in [-0.3, -0.25) is 9.59 Å². The lowest BCUT2D eigenvalue weighted by Crippen LogP contribution is -2.47. The number of carbonyl (C=O) groups is 2. The van der Waals surface area contributed by atoms with Crippen molar-refractivity contribution < 1.29 is 23.5 Å². The van der Waals surface area contributed by atoms with Crippen LogP contribution in [0.5, 0.6) is 0 Å². The molecule has 1 N–H and O–H groups in total. The minimum atomic E-state index is -2.64. The number of hydrogen-bond donors (Lipinski definition) is 1. The van der Waals surface area contributed by atoms with Gasteiger partial charge in [-0.25, -0.2) is 8.78 Å². The molecule has 4 nitrogen and oxygen atoms in total. The number of hydrogen-bond acceptors (Lipinski definition) is 2. The van der Waals surface area contributed by atoms with Crippen LogP contribution in [0.15, 0.2) is 30.3 Å². The summed E-state index contributed by atoms with van der Waals surface area (Å²) in [5, 5.41) is 8.99. The maximum Gasteiger partial charge on any atom is 0.307 e. The highest BCUT2D eigenvalue weighted by Crippen LogP contribution is 2.36. The quantitative estimate of drug-likeness (QED) is 0.877. The molecule has 2 atom stereocenters. The molecule has 2 rings (SSSR count). The molecule has 114 valence electrons. The van der Waals surface area contributed by atoms with Crippen LogP contribution in [0.2, 0.25) is 0 Å². The standard InChI is InChI=1S/C15H17F2NO3/c16-13(17)9-18(8-10-4-2-1-3-5-10)14(19)11-6-7-12(11)15(20)21/h1-5,11-13H,6-9H2,(H,20,21). The maximum atomic E-state index is 12.7. The van der Waals surface area contributed by atoms with Crippen LogP contribution >= 0.6 is 0 Å². The summed E-state index contributed by atoms with van der Waals surface area (Å²) in [7, 11) is 0. The highest BCUT2D eigenvalue weighted by molar-refractivity contribution is 5.86. The normalized spacial score (nSPS) is 20.9. The van der Waals surface area contributed by atoms with Crippen LogP contribution in [-0.2, 0) is 16.1 Å². The zero-order chi connectivity index (χ0) is 15.4. The van der Waals surface area contributed by atoms with E-state index in [0.29, 0.717) is 12.8 Å². The third-order valence-electron chi connectivity index (χ3n) is 3.80. The first kappa shape index (κ1) is 15.4. The van der Waals surface area contributed by atoms with Crippen molar-refractivity contribution in [2.24, 2.45) is 11.8 Å². The lowest BCUT2D eigenvalue weighted by atomic mass is 9.73. The van der Waals surface area contributed by atoms with Gasteiger partial charge in [0, 0.05) is 6.54 Å². The van der Waals surface area contributed by atoms with Crippen LogP contribution in [0, 0.1) is 11.8 Å². The Balaban J connectivity index is 2.08. The summed E-state index contributed by atoms with van der Waals surface area (Å²) < 4.78 is 25.4. The van der Waals surface area contributed by atoms with Gasteiger partial charge in [0.1, 0.15) is 0 Å². The van der Waals surface area contributed by atoms with Gasteiger partial charge in [0.15, 0.2) is 0 Å². The zero-order valence-corrected chi connectivity index (χ0v) is 11.4. The number of rotatable bonds is 6. The van der Waals surface area contributed by atoms with Crippen LogP contribution in [0.4, 0.5) is 8.78 Å². The van der Waals surface area contributed by atoms with Gasteiger partial charge in [-0.15, -0.1) is 0 Å². The summed E-state index contributed by atoms with van der Waals surface area (Å²) in [6.45, 7) is -0.594. The smallest absolute Gasteiger partial charge is 0.307 e. The van der Waals surface area contributed by atoms with Gasteiger partial charge in [0.2, 0.25) is 5.91 Å². The second-order valence-corrected chi connectivity index (χ2v) is 5.22. The molecular formula is C15H17F2NO3. The first-order valence-corrected chi connectivity index (χ1v) is 6.82. The molecule has 2 unspecified atom stereocenters. The molecule has 0 saturated heterocycles. The van der Waals surface area contributed by atoms with Crippen molar-refractivity contribution in [2.75, 3.05) is 6.54 Å². The number of alkyl halides is 2. The number of carboxylic acids is 1. The van der Waals surface area contributed by atoms with E-state index in [1.165, 1.54) is 0 Å². The summed E-state index contributed by atoms with van der Waals surface area (Å²) in [4.78, 5) is 24.4. The number of carbonyl (C=O) groups excluding carboxylic acids is 1. The second-order valence-electron chi connectivity index (χ2n) is 5.22. The van der Waals surface area contributed by atoms with Crippen molar-refractivity contribution in [1.82, 2.24) is 4.90 Å². The fraction of sp³-hybridized carbons (Fsp3) is 0.467. The van der Waals surface area contributed by atoms with Crippen molar-refractivity contribution in [3.05, 3.63) is 35.9 Å². The van der Waals surface area contributed by atoms with E-state index in [0.717, 1.165) is 10.5 Å². The van der Waals surface area contributed by atoms with Gasteiger partial charge in [-0.2, -0.15) is 0 Å². The van der Waals surface area contributed by atoms with Gasteiger partial charge in [0.05, 0.1) is 18.4 Å². The van der Waals surface area contributed by atoms with E-state index in [1.54, 1.807) is 30.3 Å². The minimum Gasteiger partial charge on any atom is -0.481 e. The highest BCUT2D eigenvalue weighted by Gasteiger charge is 2.43. The SMILES string of the molecule is O=C(O)C1CCC1C(=O)N(Cc1ccccc1)CC(F)F. The Morgan fingerprint density at radius 2 is 1.81 bits per heavy atom. The third kappa shape index (κ3) is 3.77. The number of amides is 1. The molecule has 1 aliphatic carbocycles. The summed E-state index contributed by atoms with van der Waals surface area (Å²) in [6, 6.07) is 8.84. The van der Waals surface area contributed by atoms with E-state index >= 15 is 0 Å². The fourth-order valence-electron chi connectivity index (χ4n) is 2.53. The van der Waals surface area contributed by atoms with Gasteiger partial charge in [-0.1, -0.05) is 30.3 Å². The molecule has 1 aromatic rings. The van der Waals surface area contributed by atoms with Crippen molar-refractivity contribution in [3.8, 4) is 0 Å². The zero-order valence-electron chi connectivity index (χ0n) is 11.4. The molecule has 0 radical (unpaired) electrons. The first-order valence-electron chi connectivity index (χ1n) is 6.82. The van der Waals surface area contributed by atoms with E-state index in [9.17, 15) is 18.4 Å². The summed E-state index contributed by atoms with van der Waals surface area (Å²) >= 11 is 0. The Bertz CT molecular complexity index is 507. The predicted molar refractivity (Wildman–Crippen MR) is 71.7 cm³/mol. The van der Waals surface area contributed by atoms with Crippen LogP contribution in [0.3, 0.4) is 0 Å². The molecular weight excluding hydrogens is 280 g/mol. The first-order chi connectivity index (χ1) is 9.99. The van der Waals surface area contributed by atoms with E-state index in [1.807, 2.05) is 0 Å². The molecule has 0 bridgehead atoms. The lowest BCUT2D eigenvalue weighted by Gasteiger charge is -2.36. The molecule has 1 saturated carbocycles. The average molecular weight is 297 g/mol. The lowest BCUT2D eigenvalue weighted by molar-refractivity contribution is -0.157. The molecule has 6 heteroatoms. The molecule has 21 heavy (non-hydrogen) atoms.